The smallest absolute Gasteiger partial charge is 0.0578 e. The zero-order valence-electron chi connectivity index (χ0n) is 13.5. The van der Waals surface area contributed by atoms with Gasteiger partial charge in [0.2, 0.25) is 0 Å². The Kier molecular flexibility index (Phi) is 5.11. The first-order valence-electron chi connectivity index (χ1n) is 8.11. The summed E-state index contributed by atoms with van der Waals surface area (Å²) in [5.74, 6) is 6.49. The van der Waals surface area contributed by atoms with E-state index in [1.54, 1.807) is 0 Å². The quantitative estimate of drug-likeness (QED) is 0.708. The molecule has 0 unspecified atom stereocenters. The largest absolute Gasteiger partial charge is 0.395 e. The molecule has 1 nitrogen and oxygen atoms in total. The summed E-state index contributed by atoms with van der Waals surface area (Å²) in [6.07, 6.45) is 0.562. The lowest BCUT2D eigenvalue weighted by Crippen LogP contribution is -2.31. The van der Waals surface area contributed by atoms with Crippen LogP contribution in [-0.2, 0) is 5.41 Å². The van der Waals surface area contributed by atoms with E-state index in [-0.39, 0.29) is 6.61 Å². The molecule has 1 N–H and O–H groups in total. The molecule has 0 heterocycles. The van der Waals surface area contributed by atoms with E-state index in [1.807, 2.05) is 66.7 Å². The minimum atomic E-state index is -0.510. The Hall–Kier alpha value is -2.82. The van der Waals surface area contributed by atoms with Crippen LogP contribution in [0.3, 0.4) is 0 Å². The fourth-order valence-electron chi connectivity index (χ4n) is 2.94. The standard InChI is InChI=1S/C23H20O/c24-19-23(21-14-6-2-7-15-21,22-16-8-3-9-17-22)18-10-13-20-11-4-1-5-12-20/h1-9,11-12,14-17,24H,18-19H2. The van der Waals surface area contributed by atoms with Gasteiger partial charge in [-0.3, -0.25) is 0 Å². The predicted octanol–water partition coefficient (Wildman–Crippen LogP) is 4.41. The van der Waals surface area contributed by atoms with E-state index in [0.29, 0.717) is 6.42 Å². The van der Waals surface area contributed by atoms with Gasteiger partial charge in [-0.2, -0.15) is 0 Å². The van der Waals surface area contributed by atoms with Gasteiger partial charge in [-0.05, 0) is 23.3 Å². The summed E-state index contributed by atoms with van der Waals surface area (Å²) in [5.41, 5.74) is 2.65. The van der Waals surface area contributed by atoms with Gasteiger partial charge in [0.25, 0.3) is 0 Å². The lowest BCUT2D eigenvalue weighted by atomic mass is 9.73. The highest BCUT2D eigenvalue weighted by molar-refractivity contribution is 5.42. The summed E-state index contributed by atoms with van der Waals surface area (Å²) in [5, 5.41) is 10.3. The molecule has 0 radical (unpaired) electrons. The lowest BCUT2D eigenvalue weighted by molar-refractivity contribution is 0.222. The highest BCUT2D eigenvalue weighted by Crippen LogP contribution is 2.35. The van der Waals surface area contributed by atoms with Crippen molar-refractivity contribution in [3.63, 3.8) is 0 Å². The Balaban J connectivity index is 2.01. The molecule has 3 rings (SSSR count). The first-order chi connectivity index (χ1) is 11.8. The van der Waals surface area contributed by atoms with E-state index in [1.165, 1.54) is 0 Å². The van der Waals surface area contributed by atoms with Crippen LogP contribution in [0.25, 0.3) is 0 Å². The number of benzene rings is 3. The summed E-state index contributed by atoms with van der Waals surface area (Å²) in [4.78, 5) is 0. The van der Waals surface area contributed by atoms with Gasteiger partial charge in [-0.15, -0.1) is 0 Å². The fraction of sp³-hybridized carbons (Fsp3) is 0.130. The zero-order valence-corrected chi connectivity index (χ0v) is 13.5. The molecule has 0 bridgehead atoms. The Bertz CT molecular complexity index is 772. The summed E-state index contributed by atoms with van der Waals surface area (Å²) >= 11 is 0. The number of rotatable bonds is 4. The maximum atomic E-state index is 10.3. The molecule has 0 amide bonds. The van der Waals surface area contributed by atoms with Crippen LogP contribution >= 0.6 is 0 Å². The van der Waals surface area contributed by atoms with E-state index < -0.39 is 5.41 Å². The average molecular weight is 312 g/mol. The summed E-state index contributed by atoms with van der Waals surface area (Å²) < 4.78 is 0. The molecule has 0 fully saturated rings. The third-order valence-corrected chi connectivity index (χ3v) is 4.32. The van der Waals surface area contributed by atoms with Crippen molar-refractivity contribution in [1.29, 1.82) is 0 Å². The Morgan fingerprint density at radius 3 is 1.58 bits per heavy atom. The van der Waals surface area contributed by atoms with Crippen LogP contribution in [0, 0.1) is 11.8 Å². The van der Waals surface area contributed by atoms with Crippen LogP contribution in [0.15, 0.2) is 91.0 Å². The second-order valence-corrected chi connectivity index (χ2v) is 5.82. The number of aliphatic hydroxyl groups is 1. The van der Waals surface area contributed by atoms with Gasteiger partial charge in [0, 0.05) is 12.0 Å². The van der Waals surface area contributed by atoms with Crippen molar-refractivity contribution in [2.75, 3.05) is 6.61 Å². The number of hydrogen-bond acceptors (Lipinski definition) is 1. The third kappa shape index (κ3) is 3.40. The molecule has 3 aromatic rings. The Morgan fingerprint density at radius 2 is 1.12 bits per heavy atom. The predicted molar refractivity (Wildman–Crippen MR) is 98.7 cm³/mol. The molecule has 118 valence electrons. The first-order valence-corrected chi connectivity index (χ1v) is 8.11. The van der Waals surface area contributed by atoms with Crippen molar-refractivity contribution in [3.05, 3.63) is 108 Å². The van der Waals surface area contributed by atoms with E-state index in [0.717, 1.165) is 16.7 Å². The average Bonchev–Trinajstić information content (AvgIpc) is 2.68. The zero-order chi connectivity index (χ0) is 16.7. The second kappa shape index (κ2) is 7.64. The molecule has 3 aromatic carbocycles. The van der Waals surface area contributed by atoms with Gasteiger partial charge < -0.3 is 5.11 Å². The van der Waals surface area contributed by atoms with Crippen molar-refractivity contribution in [2.45, 2.75) is 11.8 Å². The Labute approximate surface area is 143 Å². The van der Waals surface area contributed by atoms with Gasteiger partial charge in [-0.1, -0.05) is 90.7 Å². The van der Waals surface area contributed by atoms with Crippen LogP contribution in [0.1, 0.15) is 23.1 Å². The molecular formula is C23H20O. The highest BCUT2D eigenvalue weighted by Gasteiger charge is 2.32. The minimum Gasteiger partial charge on any atom is -0.395 e. The minimum absolute atomic E-state index is 0.0183. The van der Waals surface area contributed by atoms with Crippen LogP contribution < -0.4 is 0 Å². The molecule has 0 aliphatic heterocycles. The monoisotopic (exact) mass is 312 g/mol. The summed E-state index contributed by atoms with van der Waals surface area (Å²) in [6, 6.07) is 30.2. The SMILES string of the molecule is OCC(CC#Cc1ccccc1)(c1ccccc1)c1ccccc1. The van der Waals surface area contributed by atoms with Gasteiger partial charge in [0.05, 0.1) is 12.0 Å². The molecule has 0 aliphatic rings. The van der Waals surface area contributed by atoms with Crippen LogP contribution in [0.2, 0.25) is 0 Å². The Morgan fingerprint density at radius 1 is 0.667 bits per heavy atom. The van der Waals surface area contributed by atoms with Gasteiger partial charge in [-0.25, -0.2) is 0 Å². The molecule has 1 heteroatoms. The number of hydrogen-bond donors (Lipinski definition) is 1. The van der Waals surface area contributed by atoms with Crippen molar-refractivity contribution in [2.24, 2.45) is 0 Å². The molecule has 24 heavy (non-hydrogen) atoms. The van der Waals surface area contributed by atoms with Crippen molar-refractivity contribution in [1.82, 2.24) is 0 Å². The summed E-state index contributed by atoms with van der Waals surface area (Å²) in [7, 11) is 0. The maximum Gasteiger partial charge on any atom is 0.0578 e. The van der Waals surface area contributed by atoms with Crippen molar-refractivity contribution < 1.29 is 5.11 Å². The molecular weight excluding hydrogens is 292 g/mol. The normalized spacial score (nSPS) is 10.7. The van der Waals surface area contributed by atoms with E-state index in [2.05, 4.69) is 36.1 Å². The van der Waals surface area contributed by atoms with E-state index >= 15 is 0 Å². The van der Waals surface area contributed by atoms with Crippen LogP contribution in [0.5, 0.6) is 0 Å². The molecule has 0 spiro atoms. The lowest BCUT2D eigenvalue weighted by Gasteiger charge is -2.31. The highest BCUT2D eigenvalue weighted by atomic mass is 16.3. The van der Waals surface area contributed by atoms with Crippen molar-refractivity contribution >= 4 is 0 Å². The number of aliphatic hydroxyl groups excluding tert-OH is 1. The van der Waals surface area contributed by atoms with E-state index in [9.17, 15) is 5.11 Å². The molecule has 0 atom stereocenters. The van der Waals surface area contributed by atoms with Gasteiger partial charge >= 0.3 is 0 Å². The van der Waals surface area contributed by atoms with Gasteiger partial charge in [0.15, 0.2) is 0 Å². The van der Waals surface area contributed by atoms with Gasteiger partial charge in [0.1, 0.15) is 0 Å². The first kappa shape index (κ1) is 16.1. The molecule has 0 aliphatic carbocycles. The topological polar surface area (TPSA) is 20.2 Å². The second-order valence-electron chi connectivity index (χ2n) is 5.82. The third-order valence-electron chi connectivity index (χ3n) is 4.32. The van der Waals surface area contributed by atoms with Crippen LogP contribution in [0.4, 0.5) is 0 Å². The molecule has 0 aromatic heterocycles. The summed E-state index contributed by atoms with van der Waals surface area (Å²) in [6.45, 7) is 0.0183. The maximum absolute atomic E-state index is 10.3. The van der Waals surface area contributed by atoms with E-state index in [4.69, 9.17) is 0 Å². The molecule has 0 saturated heterocycles. The van der Waals surface area contributed by atoms with Crippen LogP contribution in [-0.4, -0.2) is 11.7 Å². The van der Waals surface area contributed by atoms with Crippen molar-refractivity contribution in [3.8, 4) is 11.8 Å². The fourth-order valence-corrected chi connectivity index (χ4v) is 2.94. The molecule has 0 saturated carbocycles.